The van der Waals surface area contributed by atoms with Crippen molar-refractivity contribution in [2.45, 2.75) is 11.3 Å². The van der Waals surface area contributed by atoms with E-state index in [4.69, 9.17) is 10.5 Å². The predicted molar refractivity (Wildman–Crippen MR) is 79.5 cm³/mol. The van der Waals surface area contributed by atoms with Gasteiger partial charge >= 0.3 is 0 Å². The van der Waals surface area contributed by atoms with Crippen LogP contribution in [0.25, 0.3) is 0 Å². The van der Waals surface area contributed by atoms with Gasteiger partial charge in [0, 0.05) is 0 Å². The van der Waals surface area contributed by atoms with E-state index in [9.17, 15) is 8.42 Å². The molecule has 0 aliphatic heterocycles. The van der Waals surface area contributed by atoms with Crippen molar-refractivity contribution in [3.05, 3.63) is 54.6 Å². The quantitative estimate of drug-likeness (QED) is 0.656. The van der Waals surface area contributed by atoms with Gasteiger partial charge in [-0.1, -0.05) is 30.3 Å². The Hall–Kier alpha value is -2.01. The first-order valence-electron chi connectivity index (χ1n) is 6.35. The van der Waals surface area contributed by atoms with Crippen LogP contribution >= 0.6 is 0 Å². The molecule has 0 saturated heterocycles. The SMILES string of the molecule is Nc1ccccc1S(=O)(=O)CCCOc1ccccc1. The fourth-order valence-corrected chi connectivity index (χ4v) is 3.26. The lowest BCUT2D eigenvalue weighted by Crippen LogP contribution is -2.12. The van der Waals surface area contributed by atoms with E-state index in [0.717, 1.165) is 5.75 Å². The van der Waals surface area contributed by atoms with Crippen LogP contribution in [-0.2, 0) is 9.84 Å². The number of anilines is 1. The molecule has 0 unspecified atom stereocenters. The van der Waals surface area contributed by atoms with Crippen molar-refractivity contribution in [2.75, 3.05) is 18.1 Å². The van der Waals surface area contributed by atoms with Gasteiger partial charge in [-0.3, -0.25) is 0 Å². The zero-order valence-corrected chi connectivity index (χ0v) is 11.8. The summed E-state index contributed by atoms with van der Waals surface area (Å²) in [5, 5.41) is 0. The highest BCUT2D eigenvalue weighted by Crippen LogP contribution is 2.19. The van der Waals surface area contributed by atoms with Crippen LogP contribution in [0.2, 0.25) is 0 Å². The number of ether oxygens (including phenoxy) is 1. The molecule has 2 N–H and O–H groups in total. The number of hydrogen-bond acceptors (Lipinski definition) is 4. The fraction of sp³-hybridized carbons (Fsp3) is 0.200. The second-order valence-electron chi connectivity index (χ2n) is 4.37. The molecule has 2 rings (SSSR count). The van der Waals surface area contributed by atoms with Gasteiger partial charge in [-0.2, -0.15) is 0 Å². The topological polar surface area (TPSA) is 69.4 Å². The summed E-state index contributed by atoms with van der Waals surface area (Å²) in [6.45, 7) is 0.357. The van der Waals surface area contributed by atoms with Crippen LogP contribution in [-0.4, -0.2) is 20.8 Å². The van der Waals surface area contributed by atoms with Gasteiger partial charge < -0.3 is 10.5 Å². The second-order valence-corrected chi connectivity index (χ2v) is 6.45. The Morgan fingerprint density at radius 1 is 0.950 bits per heavy atom. The van der Waals surface area contributed by atoms with E-state index in [0.29, 0.717) is 13.0 Å². The summed E-state index contributed by atoms with van der Waals surface area (Å²) in [7, 11) is -3.35. The zero-order chi connectivity index (χ0) is 14.4. The minimum Gasteiger partial charge on any atom is -0.494 e. The predicted octanol–water partition coefficient (Wildman–Crippen LogP) is 2.51. The molecule has 2 aromatic rings. The van der Waals surface area contributed by atoms with Crippen molar-refractivity contribution in [2.24, 2.45) is 0 Å². The van der Waals surface area contributed by atoms with Gasteiger partial charge in [-0.25, -0.2) is 8.42 Å². The van der Waals surface area contributed by atoms with E-state index in [2.05, 4.69) is 0 Å². The Balaban J connectivity index is 1.89. The maximum absolute atomic E-state index is 12.1. The van der Waals surface area contributed by atoms with Gasteiger partial charge in [0.25, 0.3) is 0 Å². The van der Waals surface area contributed by atoms with Gasteiger partial charge in [-0.05, 0) is 30.7 Å². The van der Waals surface area contributed by atoms with Crippen LogP contribution in [0.15, 0.2) is 59.5 Å². The van der Waals surface area contributed by atoms with Crippen LogP contribution in [0.4, 0.5) is 5.69 Å². The van der Waals surface area contributed by atoms with Crippen LogP contribution in [0, 0.1) is 0 Å². The standard InChI is InChI=1S/C15H17NO3S/c16-14-9-4-5-10-15(14)20(17,18)12-6-11-19-13-7-2-1-3-8-13/h1-5,7-10H,6,11-12,16H2. The second kappa shape index (κ2) is 6.43. The van der Waals surface area contributed by atoms with E-state index in [1.165, 1.54) is 6.07 Å². The molecule has 0 bridgehead atoms. The van der Waals surface area contributed by atoms with E-state index < -0.39 is 9.84 Å². The smallest absolute Gasteiger partial charge is 0.180 e. The third-order valence-electron chi connectivity index (χ3n) is 2.82. The maximum Gasteiger partial charge on any atom is 0.180 e. The maximum atomic E-state index is 12.1. The summed E-state index contributed by atoms with van der Waals surface area (Å²) in [4.78, 5) is 0.194. The first-order valence-corrected chi connectivity index (χ1v) is 8.00. The Labute approximate surface area is 119 Å². The average molecular weight is 291 g/mol. The van der Waals surface area contributed by atoms with Gasteiger partial charge in [-0.15, -0.1) is 0 Å². The number of hydrogen-bond donors (Lipinski definition) is 1. The van der Waals surface area contributed by atoms with E-state index in [1.54, 1.807) is 18.2 Å². The zero-order valence-electron chi connectivity index (χ0n) is 11.0. The molecule has 0 aromatic heterocycles. The van der Waals surface area contributed by atoms with Crippen LogP contribution in [0.1, 0.15) is 6.42 Å². The molecule has 0 aliphatic rings. The van der Waals surface area contributed by atoms with E-state index in [1.807, 2.05) is 30.3 Å². The number of sulfone groups is 1. The van der Waals surface area contributed by atoms with Crippen LogP contribution in [0.3, 0.4) is 0 Å². The first kappa shape index (κ1) is 14.4. The highest BCUT2D eigenvalue weighted by atomic mass is 32.2. The number of para-hydroxylation sites is 2. The molecule has 0 aliphatic carbocycles. The highest BCUT2D eigenvalue weighted by molar-refractivity contribution is 7.91. The first-order chi connectivity index (χ1) is 9.59. The lowest BCUT2D eigenvalue weighted by atomic mass is 10.3. The third kappa shape index (κ3) is 3.74. The molecule has 20 heavy (non-hydrogen) atoms. The van der Waals surface area contributed by atoms with E-state index >= 15 is 0 Å². The summed E-state index contributed by atoms with van der Waals surface area (Å²) >= 11 is 0. The van der Waals surface area contributed by atoms with Gasteiger partial charge in [0.2, 0.25) is 0 Å². The highest BCUT2D eigenvalue weighted by Gasteiger charge is 2.16. The summed E-state index contributed by atoms with van der Waals surface area (Å²) in [5.74, 6) is 0.762. The molecule has 0 heterocycles. The monoisotopic (exact) mass is 291 g/mol. The molecule has 0 saturated carbocycles. The largest absolute Gasteiger partial charge is 0.494 e. The van der Waals surface area contributed by atoms with Gasteiger partial charge in [0.15, 0.2) is 9.84 Å². The molecule has 0 spiro atoms. The van der Waals surface area contributed by atoms with Crippen molar-refractivity contribution in [1.29, 1.82) is 0 Å². The third-order valence-corrected chi connectivity index (χ3v) is 4.69. The summed E-state index contributed by atoms with van der Waals surface area (Å²) in [5.41, 5.74) is 5.98. The molecule has 106 valence electrons. The van der Waals surface area contributed by atoms with Crippen molar-refractivity contribution in [1.82, 2.24) is 0 Å². The summed E-state index contributed by atoms with van der Waals surface area (Å²) in [6, 6.07) is 15.8. The van der Waals surface area contributed by atoms with Crippen molar-refractivity contribution >= 4 is 15.5 Å². The Kier molecular flexibility index (Phi) is 4.63. The molecule has 0 fully saturated rings. The van der Waals surface area contributed by atoms with Crippen molar-refractivity contribution < 1.29 is 13.2 Å². The van der Waals surface area contributed by atoms with Crippen molar-refractivity contribution in [3.63, 3.8) is 0 Å². The molecular formula is C15H17NO3S. The summed E-state index contributed by atoms with van der Waals surface area (Å²) < 4.78 is 29.7. The van der Waals surface area contributed by atoms with Crippen LogP contribution in [0.5, 0.6) is 5.75 Å². The number of nitrogen functional groups attached to an aromatic ring is 1. The molecule has 4 nitrogen and oxygen atoms in total. The normalized spacial score (nSPS) is 11.2. The van der Waals surface area contributed by atoms with Gasteiger partial charge in [0.05, 0.1) is 22.9 Å². The van der Waals surface area contributed by atoms with Gasteiger partial charge in [0.1, 0.15) is 5.75 Å². The molecule has 5 heteroatoms. The Morgan fingerprint density at radius 3 is 2.30 bits per heavy atom. The molecule has 0 atom stereocenters. The molecule has 2 aromatic carbocycles. The fourth-order valence-electron chi connectivity index (χ4n) is 1.83. The lowest BCUT2D eigenvalue weighted by molar-refractivity contribution is 0.317. The minimum atomic E-state index is -3.35. The Morgan fingerprint density at radius 2 is 1.60 bits per heavy atom. The molecule has 0 amide bonds. The lowest BCUT2D eigenvalue weighted by Gasteiger charge is -2.08. The molecule has 0 radical (unpaired) electrons. The average Bonchev–Trinajstić information content (AvgIpc) is 2.45. The number of benzene rings is 2. The van der Waals surface area contributed by atoms with Crippen molar-refractivity contribution in [3.8, 4) is 5.75 Å². The minimum absolute atomic E-state index is 0.0219. The number of rotatable bonds is 6. The van der Waals surface area contributed by atoms with E-state index in [-0.39, 0.29) is 16.3 Å². The van der Waals surface area contributed by atoms with Crippen LogP contribution < -0.4 is 10.5 Å². The number of nitrogens with two attached hydrogens (primary N) is 1. The summed E-state index contributed by atoms with van der Waals surface area (Å²) in [6.07, 6.45) is 0.422. The molecular weight excluding hydrogens is 274 g/mol. The Bertz CT molecular complexity index is 654.